The number of carbonyl (C=O) groups is 1. The Morgan fingerprint density at radius 2 is 1.58 bits per heavy atom. The zero-order valence-electron chi connectivity index (χ0n) is 12.1. The Hall–Kier alpha value is -0.650. The van der Waals surface area contributed by atoms with Crippen molar-refractivity contribution in [2.24, 2.45) is 0 Å². The van der Waals surface area contributed by atoms with Gasteiger partial charge in [0.05, 0.1) is 12.7 Å². The summed E-state index contributed by atoms with van der Waals surface area (Å²) >= 11 is 0. The second kappa shape index (κ2) is 12.4. The highest BCUT2D eigenvalue weighted by Crippen LogP contribution is 2.09. The number of rotatable bonds is 12. The molecule has 0 fully saturated rings. The minimum atomic E-state index is -0.376. The van der Waals surface area contributed by atoms with Crippen LogP contribution in [0.2, 0.25) is 0 Å². The molecule has 0 aromatic carbocycles. The van der Waals surface area contributed by atoms with Gasteiger partial charge in [0.1, 0.15) is 0 Å². The lowest BCUT2D eigenvalue weighted by atomic mass is 10.1. The average Bonchev–Trinajstić information content (AvgIpc) is 2.38. The molecule has 3 N–H and O–H groups in total. The molecule has 0 saturated carbocycles. The fourth-order valence-corrected chi connectivity index (χ4v) is 2.02. The van der Waals surface area contributed by atoms with Crippen LogP contribution in [0.5, 0.6) is 0 Å². The van der Waals surface area contributed by atoms with E-state index in [1.807, 2.05) is 0 Å². The van der Waals surface area contributed by atoms with E-state index in [4.69, 9.17) is 10.2 Å². The van der Waals surface area contributed by atoms with E-state index in [1.54, 1.807) is 4.90 Å². The topological polar surface area (TPSA) is 81.0 Å². The molecule has 0 heterocycles. The van der Waals surface area contributed by atoms with E-state index in [1.165, 1.54) is 6.92 Å². The van der Waals surface area contributed by atoms with Gasteiger partial charge in [0, 0.05) is 26.6 Å². The average molecular weight is 275 g/mol. The molecule has 1 unspecified atom stereocenters. The monoisotopic (exact) mass is 275 g/mol. The third-order valence-corrected chi connectivity index (χ3v) is 3.24. The molecule has 0 aliphatic carbocycles. The maximum Gasteiger partial charge on any atom is 0.219 e. The fourth-order valence-electron chi connectivity index (χ4n) is 2.02. The van der Waals surface area contributed by atoms with Crippen LogP contribution in [-0.4, -0.2) is 58.5 Å². The SMILES string of the molecule is CC(=O)N(CCO)CCC(O)CCCCCCCO. The first-order chi connectivity index (χ1) is 9.11. The lowest BCUT2D eigenvalue weighted by molar-refractivity contribution is -0.129. The van der Waals surface area contributed by atoms with E-state index in [0.717, 1.165) is 38.5 Å². The highest BCUT2D eigenvalue weighted by Gasteiger charge is 2.11. The van der Waals surface area contributed by atoms with E-state index in [-0.39, 0.29) is 25.2 Å². The molecule has 5 nitrogen and oxygen atoms in total. The third-order valence-electron chi connectivity index (χ3n) is 3.24. The van der Waals surface area contributed by atoms with Crippen LogP contribution in [0.15, 0.2) is 0 Å². The molecular formula is C14H29NO4. The molecule has 0 spiro atoms. The number of hydrogen-bond donors (Lipinski definition) is 3. The van der Waals surface area contributed by atoms with Crippen LogP contribution in [0.4, 0.5) is 0 Å². The normalized spacial score (nSPS) is 12.4. The van der Waals surface area contributed by atoms with Gasteiger partial charge < -0.3 is 20.2 Å². The Morgan fingerprint density at radius 3 is 2.16 bits per heavy atom. The van der Waals surface area contributed by atoms with E-state index < -0.39 is 0 Å². The third kappa shape index (κ3) is 10.9. The molecule has 0 radical (unpaired) electrons. The van der Waals surface area contributed by atoms with Crippen molar-refractivity contribution >= 4 is 5.91 Å². The first-order valence-corrected chi connectivity index (χ1v) is 7.27. The van der Waals surface area contributed by atoms with Gasteiger partial charge in [0.25, 0.3) is 0 Å². The second-order valence-corrected chi connectivity index (χ2v) is 4.95. The minimum Gasteiger partial charge on any atom is -0.396 e. The lowest BCUT2D eigenvalue weighted by Gasteiger charge is -2.21. The quantitative estimate of drug-likeness (QED) is 0.462. The zero-order chi connectivity index (χ0) is 14.5. The van der Waals surface area contributed by atoms with Crippen molar-refractivity contribution in [3.05, 3.63) is 0 Å². The van der Waals surface area contributed by atoms with Crippen molar-refractivity contribution in [2.75, 3.05) is 26.3 Å². The summed E-state index contributed by atoms with van der Waals surface area (Å²) in [7, 11) is 0. The summed E-state index contributed by atoms with van der Waals surface area (Å²) in [5.41, 5.74) is 0. The molecule has 1 amide bonds. The standard InChI is InChI=1S/C14H29NO4/c1-13(18)15(10-12-17)9-8-14(19)7-5-3-2-4-6-11-16/h14,16-17,19H,2-12H2,1H3. The summed E-state index contributed by atoms with van der Waals surface area (Å²) < 4.78 is 0. The van der Waals surface area contributed by atoms with Gasteiger partial charge in [-0.2, -0.15) is 0 Å². The number of aliphatic hydroxyl groups excluding tert-OH is 3. The molecule has 1 atom stereocenters. The first-order valence-electron chi connectivity index (χ1n) is 7.27. The van der Waals surface area contributed by atoms with Crippen molar-refractivity contribution in [3.8, 4) is 0 Å². The molecule has 114 valence electrons. The van der Waals surface area contributed by atoms with Gasteiger partial charge in [-0.05, 0) is 19.3 Å². The van der Waals surface area contributed by atoms with Crippen molar-refractivity contribution in [1.82, 2.24) is 4.90 Å². The largest absolute Gasteiger partial charge is 0.396 e. The number of aliphatic hydroxyl groups is 3. The van der Waals surface area contributed by atoms with Crippen molar-refractivity contribution in [3.63, 3.8) is 0 Å². The number of nitrogens with zero attached hydrogens (tertiary/aromatic N) is 1. The summed E-state index contributed by atoms with van der Waals surface area (Å²) in [5.74, 6) is -0.0646. The minimum absolute atomic E-state index is 0.0411. The molecule has 0 aliphatic rings. The van der Waals surface area contributed by atoms with E-state index in [2.05, 4.69) is 0 Å². The van der Waals surface area contributed by atoms with Crippen LogP contribution in [0.1, 0.15) is 51.9 Å². The Kier molecular flexibility index (Phi) is 12.0. The van der Waals surface area contributed by atoms with Gasteiger partial charge in [-0.15, -0.1) is 0 Å². The van der Waals surface area contributed by atoms with Crippen LogP contribution in [0.3, 0.4) is 0 Å². The van der Waals surface area contributed by atoms with Crippen LogP contribution < -0.4 is 0 Å². The molecule has 0 bridgehead atoms. The van der Waals surface area contributed by atoms with E-state index in [9.17, 15) is 9.90 Å². The number of carbonyl (C=O) groups excluding carboxylic acids is 1. The van der Waals surface area contributed by atoms with E-state index >= 15 is 0 Å². The molecule has 0 aromatic heterocycles. The van der Waals surface area contributed by atoms with Crippen LogP contribution in [0, 0.1) is 0 Å². The number of amides is 1. The molecule has 19 heavy (non-hydrogen) atoms. The van der Waals surface area contributed by atoms with Crippen molar-refractivity contribution < 1.29 is 20.1 Å². The number of unbranched alkanes of at least 4 members (excludes halogenated alkanes) is 4. The second-order valence-electron chi connectivity index (χ2n) is 4.95. The molecule has 0 saturated heterocycles. The summed E-state index contributed by atoms with van der Waals surface area (Å²) in [4.78, 5) is 12.8. The highest BCUT2D eigenvalue weighted by molar-refractivity contribution is 5.73. The predicted octanol–water partition coefficient (Wildman–Crippen LogP) is 0.911. The maximum absolute atomic E-state index is 11.2. The Labute approximate surface area is 116 Å². The van der Waals surface area contributed by atoms with Gasteiger partial charge >= 0.3 is 0 Å². The fraction of sp³-hybridized carbons (Fsp3) is 0.929. The van der Waals surface area contributed by atoms with Crippen molar-refractivity contribution in [1.29, 1.82) is 0 Å². The Bertz CT molecular complexity index is 223. The summed E-state index contributed by atoms with van der Waals surface area (Å²) in [5, 5.41) is 27.3. The predicted molar refractivity (Wildman–Crippen MR) is 74.8 cm³/mol. The van der Waals surface area contributed by atoms with Gasteiger partial charge in [0.15, 0.2) is 0 Å². The van der Waals surface area contributed by atoms with Gasteiger partial charge in [-0.1, -0.05) is 25.7 Å². The molecule has 0 aromatic rings. The van der Waals surface area contributed by atoms with E-state index in [0.29, 0.717) is 19.5 Å². The van der Waals surface area contributed by atoms with Gasteiger partial charge in [0.2, 0.25) is 5.91 Å². The summed E-state index contributed by atoms with van der Waals surface area (Å²) in [6.45, 7) is 2.53. The van der Waals surface area contributed by atoms with Crippen molar-refractivity contribution in [2.45, 2.75) is 58.0 Å². The summed E-state index contributed by atoms with van der Waals surface area (Å²) in [6.07, 6.45) is 5.99. The van der Waals surface area contributed by atoms with Crippen LogP contribution >= 0.6 is 0 Å². The van der Waals surface area contributed by atoms with Gasteiger partial charge in [-0.25, -0.2) is 0 Å². The highest BCUT2D eigenvalue weighted by atomic mass is 16.3. The smallest absolute Gasteiger partial charge is 0.219 e. The Morgan fingerprint density at radius 1 is 0.947 bits per heavy atom. The zero-order valence-corrected chi connectivity index (χ0v) is 12.1. The van der Waals surface area contributed by atoms with Crippen LogP contribution in [-0.2, 0) is 4.79 Å². The first kappa shape index (κ1) is 18.4. The number of hydrogen-bond acceptors (Lipinski definition) is 4. The molecule has 0 aliphatic heterocycles. The molecular weight excluding hydrogens is 246 g/mol. The Balaban J connectivity index is 3.56. The molecule has 0 rings (SSSR count). The van der Waals surface area contributed by atoms with Gasteiger partial charge in [-0.3, -0.25) is 4.79 Å². The van der Waals surface area contributed by atoms with Crippen LogP contribution in [0.25, 0.3) is 0 Å². The summed E-state index contributed by atoms with van der Waals surface area (Å²) in [6, 6.07) is 0. The molecule has 5 heteroatoms. The lowest BCUT2D eigenvalue weighted by Crippen LogP contribution is -2.34. The maximum atomic E-state index is 11.2.